The molecule has 2 radical (unpaired) electrons. The van der Waals surface area contributed by atoms with Crippen LogP contribution in [0.4, 0.5) is 0 Å². The quantitative estimate of drug-likeness (QED) is 0.416. The maximum Gasteiger partial charge on any atom is 0.177 e. The number of hydrogen-bond acceptors (Lipinski definition) is 2. The van der Waals surface area contributed by atoms with Gasteiger partial charge in [-0.1, -0.05) is 0 Å². The van der Waals surface area contributed by atoms with Gasteiger partial charge in [0.2, 0.25) is 0 Å². The second-order valence-corrected chi connectivity index (χ2v) is 1.47. The molecule has 0 aromatic carbocycles. The van der Waals surface area contributed by atoms with Crippen LogP contribution in [0.15, 0.2) is 17.1 Å². The lowest BCUT2D eigenvalue weighted by molar-refractivity contribution is -0.113. The third kappa shape index (κ3) is 0.932. The van der Waals surface area contributed by atoms with Crippen LogP contribution in [0.1, 0.15) is 0 Å². The van der Waals surface area contributed by atoms with Crippen LogP contribution in [0.5, 0.6) is 0 Å². The zero-order valence-electron chi connectivity index (χ0n) is 4.16. The summed E-state index contributed by atoms with van der Waals surface area (Å²) in [6.07, 6.45) is 2.59. The topological polar surface area (TPSA) is 51.7 Å². The lowest BCUT2D eigenvalue weighted by atomic mass is 10.3. The van der Waals surface area contributed by atoms with Crippen molar-refractivity contribution in [1.82, 2.24) is 5.73 Å². The van der Waals surface area contributed by atoms with Crippen molar-refractivity contribution in [3.05, 3.63) is 12.2 Å². The summed E-state index contributed by atoms with van der Waals surface area (Å²) in [6, 6.07) is 0. The minimum atomic E-state index is -0.0669. The molecule has 3 heteroatoms. The number of dihydropyridines is 1. The highest BCUT2D eigenvalue weighted by Gasteiger charge is 2.00. The number of amidine groups is 1. The number of aliphatic imine (C=N–C) groups is 1. The summed E-state index contributed by atoms with van der Waals surface area (Å²) in [6.45, 7) is 0.0856. The van der Waals surface area contributed by atoms with E-state index in [4.69, 9.17) is 5.73 Å². The molecule has 0 spiro atoms. The summed E-state index contributed by atoms with van der Waals surface area (Å²) in [5, 5.41) is 0. The van der Waals surface area contributed by atoms with Crippen LogP contribution < -0.4 is 5.73 Å². The Hall–Kier alpha value is -1.12. The van der Waals surface area contributed by atoms with Gasteiger partial charge >= 0.3 is 0 Å². The lowest BCUT2D eigenvalue weighted by Crippen LogP contribution is -2.08. The van der Waals surface area contributed by atoms with E-state index in [2.05, 4.69) is 4.99 Å². The monoisotopic (exact) mass is 108 g/mol. The molecule has 0 saturated heterocycles. The van der Waals surface area contributed by atoms with Gasteiger partial charge in [0.05, 0.1) is 0 Å². The summed E-state index contributed by atoms with van der Waals surface area (Å²) in [7, 11) is 0. The summed E-state index contributed by atoms with van der Waals surface area (Å²) in [5.74, 6) is -0.132. The Bertz CT molecular complexity index is 167. The van der Waals surface area contributed by atoms with E-state index in [-0.39, 0.29) is 18.2 Å². The van der Waals surface area contributed by atoms with E-state index >= 15 is 0 Å². The van der Waals surface area contributed by atoms with Crippen molar-refractivity contribution in [2.75, 3.05) is 6.54 Å². The standard InChI is InChI=1S/C5H4N2O/c6-5-2-1-4(8)3-7-5/h1-2H,3H2. The Morgan fingerprint density at radius 3 is 2.75 bits per heavy atom. The number of carbonyl (C=O) groups is 1. The molecule has 1 rings (SSSR count). The van der Waals surface area contributed by atoms with Gasteiger partial charge in [-0.05, 0) is 12.2 Å². The largest absolute Gasteiger partial charge is 0.293 e. The number of rotatable bonds is 0. The molecular weight excluding hydrogens is 104 g/mol. The first-order valence-corrected chi connectivity index (χ1v) is 2.23. The van der Waals surface area contributed by atoms with Gasteiger partial charge in [0.25, 0.3) is 0 Å². The SMILES string of the molecule is [N]C1=NCC(=O)C=C1. The van der Waals surface area contributed by atoms with Crippen LogP contribution in [-0.4, -0.2) is 18.2 Å². The third-order valence-corrected chi connectivity index (χ3v) is 0.815. The molecule has 8 heavy (non-hydrogen) atoms. The van der Waals surface area contributed by atoms with E-state index in [9.17, 15) is 4.79 Å². The van der Waals surface area contributed by atoms with Gasteiger partial charge in [0, 0.05) is 0 Å². The average molecular weight is 108 g/mol. The first-order chi connectivity index (χ1) is 3.79. The van der Waals surface area contributed by atoms with Gasteiger partial charge in [-0.15, -0.1) is 5.73 Å². The molecule has 0 N–H and O–H groups in total. The Kier molecular flexibility index (Phi) is 1.12. The fraction of sp³-hybridized carbons (Fsp3) is 0.200. The molecule has 0 amide bonds. The van der Waals surface area contributed by atoms with Crippen LogP contribution in [0.25, 0.3) is 0 Å². The molecule has 1 aliphatic heterocycles. The summed E-state index contributed by atoms with van der Waals surface area (Å²) < 4.78 is 0. The second-order valence-electron chi connectivity index (χ2n) is 1.47. The Labute approximate surface area is 46.9 Å². The molecule has 40 valence electrons. The zero-order valence-corrected chi connectivity index (χ0v) is 4.16. The highest BCUT2D eigenvalue weighted by Crippen LogP contribution is 1.88. The molecule has 1 heterocycles. The highest BCUT2D eigenvalue weighted by atomic mass is 16.1. The molecular formula is C5H4N2O. The Morgan fingerprint density at radius 2 is 2.38 bits per heavy atom. The number of hydrogen-bond donors (Lipinski definition) is 0. The number of nitrogens with zero attached hydrogens (tertiary/aromatic N) is 2. The van der Waals surface area contributed by atoms with Crippen LogP contribution in [0.3, 0.4) is 0 Å². The van der Waals surface area contributed by atoms with E-state index in [0.717, 1.165) is 0 Å². The van der Waals surface area contributed by atoms with Crippen molar-refractivity contribution in [3.63, 3.8) is 0 Å². The van der Waals surface area contributed by atoms with E-state index < -0.39 is 0 Å². The van der Waals surface area contributed by atoms with Crippen molar-refractivity contribution >= 4 is 11.6 Å². The fourth-order valence-corrected chi connectivity index (χ4v) is 0.432. The van der Waals surface area contributed by atoms with Crippen molar-refractivity contribution in [2.24, 2.45) is 4.99 Å². The molecule has 3 nitrogen and oxygen atoms in total. The predicted octanol–water partition coefficient (Wildman–Crippen LogP) is -0.408. The van der Waals surface area contributed by atoms with E-state index in [1.807, 2.05) is 0 Å². The van der Waals surface area contributed by atoms with Crippen LogP contribution in [0, 0.1) is 0 Å². The van der Waals surface area contributed by atoms with E-state index in [1.54, 1.807) is 0 Å². The zero-order chi connectivity index (χ0) is 5.98. The molecule has 0 aromatic rings. The lowest BCUT2D eigenvalue weighted by Gasteiger charge is -1.93. The fourth-order valence-electron chi connectivity index (χ4n) is 0.432. The predicted molar refractivity (Wildman–Crippen MR) is 28.6 cm³/mol. The Morgan fingerprint density at radius 1 is 1.62 bits per heavy atom. The molecule has 0 saturated carbocycles. The normalized spacial score (nSPS) is 18.5. The van der Waals surface area contributed by atoms with Gasteiger partial charge < -0.3 is 0 Å². The summed E-state index contributed by atoms with van der Waals surface area (Å²) in [4.78, 5) is 13.8. The van der Waals surface area contributed by atoms with Gasteiger partial charge in [-0.25, -0.2) is 0 Å². The smallest absolute Gasteiger partial charge is 0.177 e. The van der Waals surface area contributed by atoms with Gasteiger partial charge in [-0.3, -0.25) is 9.79 Å². The highest BCUT2D eigenvalue weighted by molar-refractivity contribution is 6.04. The molecule has 0 aromatic heterocycles. The second kappa shape index (κ2) is 1.78. The number of carbonyl (C=O) groups excluding carboxylic acids is 1. The average Bonchev–Trinajstić information content (AvgIpc) is 1.77. The van der Waals surface area contributed by atoms with Crippen LogP contribution >= 0.6 is 0 Å². The van der Waals surface area contributed by atoms with Gasteiger partial charge in [0.15, 0.2) is 11.6 Å². The molecule has 0 atom stereocenters. The first kappa shape index (κ1) is 5.03. The van der Waals surface area contributed by atoms with Crippen LogP contribution in [-0.2, 0) is 4.79 Å². The van der Waals surface area contributed by atoms with E-state index in [0.29, 0.717) is 0 Å². The van der Waals surface area contributed by atoms with Crippen molar-refractivity contribution < 1.29 is 4.79 Å². The minimum absolute atomic E-state index is 0.0652. The maximum atomic E-state index is 10.3. The first-order valence-electron chi connectivity index (χ1n) is 2.23. The van der Waals surface area contributed by atoms with Crippen molar-refractivity contribution in [2.45, 2.75) is 0 Å². The van der Waals surface area contributed by atoms with E-state index in [1.165, 1.54) is 12.2 Å². The minimum Gasteiger partial charge on any atom is -0.293 e. The Balaban J connectivity index is 2.71. The van der Waals surface area contributed by atoms with Crippen molar-refractivity contribution in [1.29, 1.82) is 0 Å². The molecule has 0 unspecified atom stereocenters. The third-order valence-electron chi connectivity index (χ3n) is 0.815. The van der Waals surface area contributed by atoms with Crippen molar-refractivity contribution in [3.8, 4) is 0 Å². The molecule has 0 fully saturated rings. The van der Waals surface area contributed by atoms with Crippen LogP contribution in [0.2, 0.25) is 0 Å². The molecule has 1 aliphatic rings. The summed E-state index contributed by atoms with van der Waals surface area (Å²) in [5.41, 5.74) is 8.54. The maximum absolute atomic E-state index is 10.3. The van der Waals surface area contributed by atoms with Gasteiger partial charge in [0.1, 0.15) is 6.54 Å². The molecule has 0 aliphatic carbocycles. The number of ketones is 1. The summed E-state index contributed by atoms with van der Waals surface area (Å²) >= 11 is 0. The van der Waals surface area contributed by atoms with Gasteiger partial charge in [-0.2, -0.15) is 0 Å². The molecule has 0 bridgehead atoms.